The maximum atomic E-state index is 13.0. The second-order valence-electron chi connectivity index (χ2n) is 7.52. The van der Waals surface area contributed by atoms with E-state index in [0.717, 1.165) is 44.1 Å². The molecule has 2 aliphatic carbocycles. The molecule has 1 aromatic rings. The molecule has 0 heterocycles. The molecule has 0 aliphatic heterocycles. The van der Waals surface area contributed by atoms with Gasteiger partial charge in [-0.05, 0) is 56.2 Å². The van der Waals surface area contributed by atoms with Crippen molar-refractivity contribution in [2.75, 3.05) is 0 Å². The molecular weight excluding hydrogens is 362 g/mol. The van der Waals surface area contributed by atoms with Crippen LogP contribution < -0.4 is 10.1 Å². The van der Waals surface area contributed by atoms with Crippen molar-refractivity contribution in [2.24, 2.45) is 0 Å². The fourth-order valence-corrected chi connectivity index (χ4v) is 3.93. The van der Waals surface area contributed by atoms with Gasteiger partial charge in [0.2, 0.25) is 0 Å². The molecule has 2 saturated carbocycles. The lowest BCUT2D eigenvalue weighted by Crippen LogP contribution is -2.37. The summed E-state index contributed by atoms with van der Waals surface area (Å²) in [5.74, 6) is -0.259. The van der Waals surface area contributed by atoms with Gasteiger partial charge in [0, 0.05) is 12.6 Å². The van der Waals surface area contributed by atoms with Gasteiger partial charge in [-0.15, -0.1) is 0 Å². The van der Waals surface area contributed by atoms with Crippen molar-refractivity contribution in [3.63, 3.8) is 0 Å². The lowest BCUT2D eigenvalue weighted by molar-refractivity contribution is -0.253. The molecule has 0 spiro atoms. The van der Waals surface area contributed by atoms with E-state index in [1.807, 2.05) is 0 Å². The highest BCUT2D eigenvalue weighted by Gasteiger charge is 2.44. The van der Waals surface area contributed by atoms with Crippen LogP contribution in [-0.2, 0) is 11.3 Å². The summed E-state index contributed by atoms with van der Waals surface area (Å²) < 4.78 is 61.0. The summed E-state index contributed by atoms with van der Waals surface area (Å²) >= 11 is 0. The summed E-state index contributed by atoms with van der Waals surface area (Å²) in [6.07, 6.45) is 1.32. The van der Waals surface area contributed by atoms with Crippen LogP contribution in [0.1, 0.15) is 56.9 Å². The lowest BCUT2D eigenvalue weighted by Gasteiger charge is -2.31. The molecule has 152 valence electrons. The summed E-state index contributed by atoms with van der Waals surface area (Å²) in [5.41, 5.74) is 0.719. The highest BCUT2D eigenvalue weighted by atomic mass is 19.3. The second-order valence-corrected chi connectivity index (χ2v) is 7.52. The molecule has 0 amide bonds. The number of halogens is 4. The monoisotopic (exact) mass is 389 g/mol. The van der Waals surface area contributed by atoms with Crippen molar-refractivity contribution in [1.29, 1.82) is 0 Å². The van der Waals surface area contributed by atoms with Gasteiger partial charge in [0.1, 0.15) is 5.75 Å². The molecule has 3 nitrogen and oxygen atoms in total. The molecule has 0 radical (unpaired) electrons. The van der Waals surface area contributed by atoms with E-state index in [9.17, 15) is 17.6 Å². The van der Waals surface area contributed by atoms with Gasteiger partial charge in [-0.1, -0.05) is 25.0 Å². The van der Waals surface area contributed by atoms with Crippen molar-refractivity contribution >= 4 is 0 Å². The zero-order valence-corrected chi connectivity index (χ0v) is 15.3. The number of ether oxygens (including phenoxy) is 2. The van der Waals surface area contributed by atoms with Crippen molar-refractivity contribution < 1.29 is 27.0 Å². The predicted molar refractivity (Wildman–Crippen MR) is 94.2 cm³/mol. The minimum Gasteiger partial charge on any atom is -0.428 e. The summed E-state index contributed by atoms with van der Waals surface area (Å²) in [4.78, 5) is 0. The van der Waals surface area contributed by atoms with E-state index < -0.39 is 12.5 Å². The van der Waals surface area contributed by atoms with Crippen LogP contribution >= 0.6 is 0 Å². The minimum absolute atomic E-state index is 0.259. The van der Waals surface area contributed by atoms with Gasteiger partial charge in [-0.25, -0.2) is 0 Å². The van der Waals surface area contributed by atoms with E-state index in [2.05, 4.69) is 10.1 Å². The van der Waals surface area contributed by atoms with Crippen molar-refractivity contribution in [1.82, 2.24) is 5.32 Å². The Hall–Kier alpha value is -1.34. The Morgan fingerprint density at radius 1 is 1.04 bits per heavy atom. The molecule has 1 aromatic carbocycles. The average molecular weight is 389 g/mol. The third-order valence-corrected chi connectivity index (χ3v) is 5.31. The van der Waals surface area contributed by atoms with E-state index in [1.54, 1.807) is 6.07 Å². The van der Waals surface area contributed by atoms with E-state index >= 15 is 0 Å². The number of alkyl halides is 4. The molecular formula is C20H27F4NO2. The topological polar surface area (TPSA) is 30.5 Å². The molecule has 0 saturated heterocycles. The van der Waals surface area contributed by atoms with E-state index in [0.29, 0.717) is 18.7 Å². The van der Waals surface area contributed by atoms with Gasteiger partial charge < -0.3 is 14.8 Å². The standard InChI is InChI=1S/C20H27F4NO2/c21-19(22)20(23,24)27-18-10-3-5-14(11-18)13-25-15-6-4-9-17(12-15)26-16-7-1-2-8-16/h3,5,10-11,15-17,19,25H,1-2,4,6-9,12-13H2. The number of hydrogen-bond acceptors (Lipinski definition) is 3. The van der Waals surface area contributed by atoms with Crippen LogP contribution in [0.4, 0.5) is 17.6 Å². The average Bonchev–Trinajstić information content (AvgIpc) is 3.13. The van der Waals surface area contributed by atoms with E-state index in [4.69, 9.17) is 4.74 Å². The van der Waals surface area contributed by atoms with Crippen LogP contribution in [0, 0.1) is 0 Å². The molecule has 0 aromatic heterocycles. The van der Waals surface area contributed by atoms with Crippen LogP contribution in [0.5, 0.6) is 5.75 Å². The van der Waals surface area contributed by atoms with Crippen molar-refractivity contribution in [2.45, 2.75) is 88.7 Å². The van der Waals surface area contributed by atoms with Crippen LogP contribution in [-0.4, -0.2) is 30.8 Å². The van der Waals surface area contributed by atoms with Gasteiger partial charge in [-0.3, -0.25) is 0 Å². The first-order valence-electron chi connectivity index (χ1n) is 9.75. The van der Waals surface area contributed by atoms with Gasteiger partial charge in [0.15, 0.2) is 0 Å². The molecule has 0 bridgehead atoms. The van der Waals surface area contributed by atoms with Gasteiger partial charge in [0.25, 0.3) is 0 Å². The molecule has 27 heavy (non-hydrogen) atoms. The van der Waals surface area contributed by atoms with Gasteiger partial charge >= 0.3 is 12.5 Å². The summed E-state index contributed by atoms with van der Waals surface area (Å²) in [7, 11) is 0. The second kappa shape index (κ2) is 9.24. The molecule has 2 aliphatic rings. The Kier molecular flexibility index (Phi) is 6.98. The van der Waals surface area contributed by atoms with Crippen molar-refractivity contribution in [3.05, 3.63) is 29.8 Å². The SMILES string of the molecule is FC(F)C(F)(F)Oc1cccc(CNC2CCCC(OC3CCCC3)C2)c1. The highest BCUT2D eigenvalue weighted by Crippen LogP contribution is 2.29. The molecule has 7 heteroatoms. The third kappa shape index (κ3) is 6.07. The highest BCUT2D eigenvalue weighted by molar-refractivity contribution is 5.28. The van der Waals surface area contributed by atoms with Crippen LogP contribution in [0.3, 0.4) is 0 Å². The quantitative estimate of drug-likeness (QED) is 0.614. The number of hydrogen-bond donors (Lipinski definition) is 1. The maximum absolute atomic E-state index is 13.0. The zero-order valence-electron chi connectivity index (χ0n) is 15.3. The molecule has 3 rings (SSSR count). The van der Waals surface area contributed by atoms with Crippen LogP contribution in [0.2, 0.25) is 0 Å². The first kappa shape index (κ1) is 20.4. The molecule has 2 fully saturated rings. The Bertz CT molecular complexity index is 593. The Labute approximate surface area is 157 Å². The lowest BCUT2D eigenvalue weighted by atomic mass is 9.92. The van der Waals surface area contributed by atoms with Gasteiger partial charge in [0.05, 0.1) is 12.2 Å². The summed E-state index contributed by atoms with van der Waals surface area (Å²) in [6, 6.07) is 6.22. The predicted octanol–water partition coefficient (Wildman–Crippen LogP) is 5.28. The Balaban J connectivity index is 1.48. The number of rotatable bonds is 8. The van der Waals surface area contributed by atoms with Crippen LogP contribution in [0.25, 0.3) is 0 Å². The number of benzene rings is 1. The third-order valence-electron chi connectivity index (χ3n) is 5.31. The number of nitrogens with one attached hydrogen (secondary N) is 1. The fraction of sp³-hybridized carbons (Fsp3) is 0.700. The van der Waals surface area contributed by atoms with E-state index in [-0.39, 0.29) is 11.9 Å². The maximum Gasteiger partial charge on any atom is 0.461 e. The largest absolute Gasteiger partial charge is 0.461 e. The normalized spacial score (nSPS) is 24.5. The summed E-state index contributed by atoms with van der Waals surface area (Å²) in [6.45, 7) is 0.471. The first-order valence-corrected chi connectivity index (χ1v) is 9.75. The molecule has 1 N–H and O–H groups in total. The summed E-state index contributed by atoms with van der Waals surface area (Å²) in [5, 5.41) is 3.43. The minimum atomic E-state index is -4.49. The van der Waals surface area contributed by atoms with E-state index in [1.165, 1.54) is 31.0 Å². The Morgan fingerprint density at radius 3 is 2.52 bits per heavy atom. The fourth-order valence-electron chi connectivity index (χ4n) is 3.93. The van der Waals surface area contributed by atoms with Crippen LogP contribution in [0.15, 0.2) is 24.3 Å². The van der Waals surface area contributed by atoms with Gasteiger partial charge in [-0.2, -0.15) is 17.6 Å². The first-order chi connectivity index (χ1) is 12.9. The Morgan fingerprint density at radius 2 is 1.78 bits per heavy atom. The molecule has 2 unspecified atom stereocenters. The zero-order chi connectivity index (χ0) is 19.3. The van der Waals surface area contributed by atoms with Crippen molar-refractivity contribution in [3.8, 4) is 5.75 Å². The smallest absolute Gasteiger partial charge is 0.428 e. The molecule has 2 atom stereocenters.